The van der Waals surface area contributed by atoms with E-state index >= 15 is 0 Å². The number of nitrogens with zero attached hydrogens (tertiary/aromatic N) is 5. The van der Waals surface area contributed by atoms with Crippen LogP contribution in [0.4, 0.5) is 34.1 Å². The molecular formula is C61H47N5O. The first-order chi connectivity index (χ1) is 33.2. The summed E-state index contributed by atoms with van der Waals surface area (Å²) in [6.07, 6.45) is 6.61. The quantitative estimate of drug-likeness (QED) is 0.166. The van der Waals surface area contributed by atoms with Gasteiger partial charge in [0, 0.05) is 44.6 Å². The van der Waals surface area contributed by atoms with Crippen LogP contribution in [0.2, 0.25) is 0 Å². The molecule has 322 valence electrons. The Morgan fingerprint density at radius 2 is 0.776 bits per heavy atom. The highest BCUT2D eigenvalue weighted by Crippen LogP contribution is 2.69. The largest absolute Gasteiger partial charge is 0.457 e. The molecule has 67 heavy (non-hydrogen) atoms. The number of aromatic nitrogens is 3. The number of hydrogen-bond acceptors (Lipinski definition) is 6. The number of anilines is 6. The Bertz CT molecular complexity index is 3280. The number of rotatable bonds is 6. The van der Waals surface area contributed by atoms with Crippen molar-refractivity contribution in [3.05, 3.63) is 211 Å². The van der Waals surface area contributed by atoms with Gasteiger partial charge in [-0.25, -0.2) is 15.0 Å². The standard InChI is InChI=1S/C61H47N5O/c1-3-13-43(14-4-1)58-62-59(64-60(63-58)45-29-32-57-51(38-45)61(50-17-7-12-22-56(50)67-57)46-34-39-33-40(36-46)37-47(61)35-39)44-25-23-41(24-26-44)42-27-30-49(31-28-42)66-54-20-10-8-18-52(54)65(48-15-5-2-6-16-48)53-19-9-11-21-55(53)66/h1-32,38-40,46-47H,33-37H2. The van der Waals surface area contributed by atoms with E-state index in [0.29, 0.717) is 29.3 Å². The van der Waals surface area contributed by atoms with Gasteiger partial charge in [0.1, 0.15) is 11.5 Å². The van der Waals surface area contributed by atoms with Crippen molar-refractivity contribution in [3.8, 4) is 56.8 Å². The van der Waals surface area contributed by atoms with Crippen molar-refractivity contribution in [2.45, 2.75) is 37.5 Å². The molecule has 0 amide bonds. The maximum Gasteiger partial charge on any atom is 0.164 e. The molecule has 6 aliphatic rings. The van der Waals surface area contributed by atoms with Crippen LogP contribution in [0.5, 0.6) is 11.5 Å². The number of para-hydroxylation sites is 6. The fourth-order valence-corrected chi connectivity index (χ4v) is 13.1. The lowest BCUT2D eigenvalue weighted by molar-refractivity contribution is -0.0452. The summed E-state index contributed by atoms with van der Waals surface area (Å²) >= 11 is 0. The Balaban J connectivity index is 0.814. The van der Waals surface area contributed by atoms with Crippen molar-refractivity contribution < 1.29 is 4.74 Å². The van der Waals surface area contributed by atoms with Crippen LogP contribution in [0.15, 0.2) is 200 Å². The molecule has 4 aliphatic carbocycles. The lowest BCUT2D eigenvalue weighted by atomic mass is 9.42. The van der Waals surface area contributed by atoms with Crippen LogP contribution in [-0.4, -0.2) is 15.0 Å². The van der Waals surface area contributed by atoms with Gasteiger partial charge in [0.25, 0.3) is 0 Å². The van der Waals surface area contributed by atoms with Crippen molar-refractivity contribution in [1.29, 1.82) is 0 Å². The Labute approximate surface area is 391 Å². The smallest absolute Gasteiger partial charge is 0.164 e. The molecule has 1 spiro atoms. The summed E-state index contributed by atoms with van der Waals surface area (Å²) in [4.78, 5) is 20.3. The molecule has 8 aromatic carbocycles. The van der Waals surface area contributed by atoms with Gasteiger partial charge in [-0.1, -0.05) is 127 Å². The lowest BCUT2D eigenvalue weighted by Crippen LogP contribution is -2.56. The van der Waals surface area contributed by atoms with E-state index in [1.54, 1.807) is 0 Å². The topological polar surface area (TPSA) is 54.4 Å². The zero-order valence-electron chi connectivity index (χ0n) is 37.0. The van der Waals surface area contributed by atoms with Gasteiger partial charge in [-0.15, -0.1) is 0 Å². The Morgan fingerprint density at radius 3 is 1.36 bits per heavy atom. The number of fused-ring (bicyclic) bond motifs is 4. The minimum atomic E-state index is -0.0634. The van der Waals surface area contributed by atoms with Crippen molar-refractivity contribution in [3.63, 3.8) is 0 Å². The maximum atomic E-state index is 6.76. The number of benzene rings is 8. The van der Waals surface area contributed by atoms with E-state index in [1.807, 2.05) is 18.2 Å². The summed E-state index contributed by atoms with van der Waals surface area (Å²) in [5.41, 5.74) is 14.6. The van der Waals surface area contributed by atoms with Crippen LogP contribution < -0.4 is 14.5 Å². The van der Waals surface area contributed by atoms with E-state index in [2.05, 4.69) is 192 Å². The van der Waals surface area contributed by atoms with Crippen molar-refractivity contribution in [1.82, 2.24) is 15.0 Å². The summed E-state index contributed by atoms with van der Waals surface area (Å²) < 4.78 is 6.76. The summed E-state index contributed by atoms with van der Waals surface area (Å²) in [5, 5.41) is 0. The number of hydrogen-bond donors (Lipinski definition) is 0. The highest BCUT2D eigenvalue weighted by molar-refractivity contribution is 6.01. The zero-order chi connectivity index (χ0) is 44.1. The van der Waals surface area contributed by atoms with Gasteiger partial charge in [-0.05, 0) is 140 Å². The Hall–Kier alpha value is -7.83. The van der Waals surface area contributed by atoms with E-state index in [1.165, 1.54) is 43.2 Å². The van der Waals surface area contributed by atoms with Crippen LogP contribution in [-0.2, 0) is 5.41 Å². The molecule has 0 N–H and O–H groups in total. The molecule has 0 atom stereocenters. The first-order valence-electron chi connectivity index (χ1n) is 23.9. The fraction of sp³-hybridized carbons (Fsp3) is 0.164. The van der Waals surface area contributed by atoms with E-state index in [-0.39, 0.29) is 5.41 Å². The van der Waals surface area contributed by atoms with Crippen LogP contribution >= 0.6 is 0 Å². The molecular weight excluding hydrogens is 819 g/mol. The average molecular weight is 866 g/mol. The average Bonchev–Trinajstić information content (AvgIpc) is 3.39. The molecule has 0 radical (unpaired) electrons. The SMILES string of the molecule is c1ccc(-c2nc(-c3ccc(-c4ccc(N5c6ccccc6N(c6ccccc6)c6ccccc65)cc4)cc3)nc(-c3ccc4c(c3)C3(c5ccccc5O4)C4CC5CC(C4)CC3C5)n2)cc1. The predicted molar refractivity (Wildman–Crippen MR) is 269 cm³/mol. The maximum absolute atomic E-state index is 6.76. The summed E-state index contributed by atoms with van der Waals surface area (Å²) in [6.45, 7) is 0. The van der Waals surface area contributed by atoms with Crippen LogP contribution in [0, 0.1) is 23.7 Å². The molecule has 4 saturated carbocycles. The highest BCUT2D eigenvalue weighted by atomic mass is 16.5. The number of ether oxygens (including phenoxy) is 1. The van der Waals surface area contributed by atoms with E-state index in [9.17, 15) is 0 Å². The minimum Gasteiger partial charge on any atom is -0.457 e. The summed E-state index contributed by atoms with van der Waals surface area (Å²) in [7, 11) is 0. The molecule has 3 heterocycles. The second kappa shape index (κ2) is 15.1. The van der Waals surface area contributed by atoms with Gasteiger partial charge in [-0.3, -0.25) is 0 Å². The lowest BCUT2D eigenvalue weighted by Gasteiger charge is -2.63. The molecule has 15 rings (SSSR count). The van der Waals surface area contributed by atoms with Gasteiger partial charge in [-0.2, -0.15) is 0 Å². The third-order valence-electron chi connectivity index (χ3n) is 15.7. The van der Waals surface area contributed by atoms with Crippen molar-refractivity contribution in [2.24, 2.45) is 23.7 Å². The third-order valence-corrected chi connectivity index (χ3v) is 15.7. The van der Waals surface area contributed by atoms with Crippen LogP contribution in [0.25, 0.3) is 45.3 Å². The second-order valence-electron chi connectivity index (χ2n) is 19.3. The molecule has 0 unspecified atom stereocenters. The monoisotopic (exact) mass is 865 g/mol. The second-order valence-corrected chi connectivity index (χ2v) is 19.3. The molecule has 4 fully saturated rings. The van der Waals surface area contributed by atoms with E-state index < -0.39 is 0 Å². The van der Waals surface area contributed by atoms with E-state index in [0.717, 1.165) is 85.3 Å². The van der Waals surface area contributed by atoms with Gasteiger partial charge in [0.05, 0.1) is 22.7 Å². The van der Waals surface area contributed by atoms with Gasteiger partial charge in [0.2, 0.25) is 0 Å². The molecule has 6 nitrogen and oxygen atoms in total. The molecule has 1 aromatic heterocycles. The van der Waals surface area contributed by atoms with Crippen molar-refractivity contribution in [2.75, 3.05) is 9.80 Å². The Kier molecular flexibility index (Phi) is 8.67. The molecule has 6 heteroatoms. The third kappa shape index (κ3) is 6.05. The first-order valence-corrected chi connectivity index (χ1v) is 23.9. The molecule has 9 aromatic rings. The van der Waals surface area contributed by atoms with Crippen molar-refractivity contribution >= 4 is 34.1 Å². The highest BCUT2D eigenvalue weighted by Gasteiger charge is 2.61. The normalized spacial score (nSPS) is 21.6. The molecule has 2 aliphatic heterocycles. The molecule has 4 bridgehead atoms. The van der Waals surface area contributed by atoms with E-state index in [4.69, 9.17) is 19.7 Å². The summed E-state index contributed by atoms with van der Waals surface area (Å²) in [5.74, 6) is 6.92. The summed E-state index contributed by atoms with van der Waals surface area (Å²) in [6, 6.07) is 71.4. The zero-order valence-corrected chi connectivity index (χ0v) is 37.0. The minimum absolute atomic E-state index is 0.0634. The van der Waals surface area contributed by atoms with Gasteiger partial charge < -0.3 is 14.5 Å². The molecule has 0 saturated heterocycles. The van der Waals surface area contributed by atoms with Gasteiger partial charge >= 0.3 is 0 Å². The Morgan fingerprint density at radius 1 is 0.358 bits per heavy atom. The fourth-order valence-electron chi connectivity index (χ4n) is 13.1. The van der Waals surface area contributed by atoms with Crippen LogP contribution in [0.3, 0.4) is 0 Å². The predicted octanol–water partition coefficient (Wildman–Crippen LogP) is 15.6. The van der Waals surface area contributed by atoms with Gasteiger partial charge in [0.15, 0.2) is 17.5 Å². The first kappa shape index (κ1) is 38.4. The van der Waals surface area contributed by atoms with Crippen LogP contribution in [0.1, 0.15) is 43.2 Å².